The van der Waals surface area contributed by atoms with Gasteiger partial charge in [0, 0.05) is 12.6 Å². The SMILES string of the molecule is CC(NCc1ccc(C(F)(F)F)cc1)C(C)(C)O. The Balaban J connectivity index is 2.60. The summed E-state index contributed by atoms with van der Waals surface area (Å²) in [6.45, 7) is 5.60. The molecule has 0 aliphatic heterocycles. The van der Waals surface area contributed by atoms with Gasteiger partial charge in [0.1, 0.15) is 0 Å². The molecule has 0 saturated carbocycles. The summed E-state index contributed by atoms with van der Waals surface area (Å²) in [6.07, 6.45) is -4.30. The highest BCUT2D eigenvalue weighted by Gasteiger charge is 2.30. The molecular weight excluding hydrogens is 243 g/mol. The van der Waals surface area contributed by atoms with Crippen LogP contribution in [-0.2, 0) is 12.7 Å². The average Bonchev–Trinajstić information content (AvgIpc) is 2.24. The Labute approximate surface area is 105 Å². The monoisotopic (exact) mass is 261 g/mol. The highest BCUT2D eigenvalue weighted by Crippen LogP contribution is 2.29. The minimum Gasteiger partial charge on any atom is -0.389 e. The van der Waals surface area contributed by atoms with E-state index in [0.29, 0.717) is 6.54 Å². The van der Waals surface area contributed by atoms with Gasteiger partial charge in [0.05, 0.1) is 11.2 Å². The van der Waals surface area contributed by atoms with Crippen molar-refractivity contribution in [2.24, 2.45) is 0 Å². The summed E-state index contributed by atoms with van der Waals surface area (Å²) in [7, 11) is 0. The van der Waals surface area contributed by atoms with Crippen LogP contribution in [0.5, 0.6) is 0 Å². The summed E-state index contributed by atoms with van der Waals surface area (Å²) in [5.41, 5.74) is -0.771. The van der Waals surface area contributed by atoms with E-state index in [2.05, 4.69) is 5.32 Å². The fraction of sp³-hybridized carbons (Fsp3) is 0.538. The largest absolute Gasteiger partial charge is 0.416 e. The fourth-order valence-electron chi connectivity index (χ4n) is 1.33. The lowest BCUT2D eigenvalue weighted by molar-refractivity contribution is -0.137. The van der Waals surface area contributed by atoms with Crippen LogP contribution >= 0.6 is 0 Å². The van der Waals surface area contributed by atoms with Gasteiger partial charge in [-0.05, 0) is 38.5 Å². The van der Waals surface area contributed by atoms with Crippen LogP contribution in [0.15, 0.2) is 24.3 Å². The van der Waals surface area contributed by atoms with Gasteiger partial charge in [-0.25, -0.2) is 0 Å². The Bertz CT molecular complexity index is 379. The number of hydrogen-bond donors (Lipinski definition) is 2. The lowest BCUT2D eigenvalue weighted by Gasteiger charge is -2.26. The van der Waals surface area contributed by atoms with Gasteiger partial charge in [-0.1, -0.05) is 12.1 Å². The molecule has 0 aliphatic carbocycles. The van der Waals surface area contributed by atoms with Gasteiger partial charge in [-0.3, -0.25) is 0 Å². The van der Waals surface area contributed by atoms with Crippen LogP contribution < -0.4 is 5.32 Å². The highest BCUT2D eigenvalue weighted by molar-refractivity contribution is 5.24. The Kier molecular flexibility index (Phi) is 4.40. The Morgan fingerprint density at radius 1 is 1.17 bits per heavy atom. The van der Waals surface area contributed by atoms with Gasteiger partial charge in [0.2, 0.25) is 0 Å². The van der Waals surface area contributed by atoms with Gasteiger partial charge in [0.15, 0.2) is 0 Å². The van der Waals surface area contributed by atoms with Crippen LogP contribution in [0.3, 0.4) is 0 Å². The standard InChI is InChI=1S/C13H18F3NO/c1-9(12(2,3)18)17-8-10-4-6-11(7-5-10)13(14,15)16/h4-7,9,17-18H,8H2,1-3H3. The van der Waals surface area contributed by atoms with E-state index in [4.69, 9.17) is 0 Å². The van der Waals surface area contributed by atoms with Gasteiger partial charge in [-0.15, -0.1) is 0 Å². The molecule has 1 atom stereocenters. The van der Waals surface area contributed by atoms with E-state index in [1.165, 1.54) is 12.1 Å². The molecule has 0 amide bonds. The number of rotatable bonds is 4. The molecule has 0 heterocycles. The molecule has 0 fully saturated rings. The maximum Gasteiger partial charge on any atom is 0.416 e. The third-order valence-corrected chi connectivity index (χ3v) is 2.95. The maximum absolute atomic E-state index is 12.3. The zero-order valence-corrected chi connectivity index (χ0v) is 10.7. The van der Waals surface area contributed by atoms with Crippen molar-refractivity contribution in [1.29, 1.82) is 0 Å². The van der Waals surface area contributed by atoms with E-state index in [1.54, 1.807) is 13.8 Å². The molecule has 0 radical (unpaired) electrons. The fourth-order valence-corrected chi connectivity index (χ4v) is 1.33. The number of alkyl halides is 3. The molecule has 2 N–H and O–H groups in total. The second kappa shape index (κ2) is 5.28. The second-order valence-corrected chi connectivity index (χ2v) is 4.95. The van der Waals surface area contributed by atoms with E-state index in [0.717, 1.165) is 17.7 Å². The third kappa shape index (κ3) is 4.31. The first-order valence-electron chi connectivity index (χ1n) is 5.72. The molecule has 1 aromatic carbocycles. The Morgan fingerprint density at radius 2 is 1.67 bits per heavy atom. The van der Waals surface area contributed by atoms with E-state index in [1.807, 2.05) is 6.92 Å². The van der Waals surface area contributed by atoms with Crippen LogP contribution in [0.25, 0.3) is 0 Å². The summed E-state index contributed by atoms with van der Waals surface area (Å²) in [5.74, 6) is 0. The topological polar surface area (TPSA) is 32.3 Å². The molecule has 0 aliphatic rings. The molecule has 1 unspecified atom stereocenters. The lowest BCUT2D eigenvalue weighted by Crippen LogP contribution is -2.44. The molecule has 0 aromatic heterocycles. The van der Waals surface area contributed by atoms with Crippen molar-refractivity contribution in [3.63, 3.8) is 0 Å². The molecule has 5 heteroatoms. The number of halogens is 3. The van der Waals surface area contributed by atoms with E-state index in [-0.39, 0.29) is 6.04 Å². The molecule has 0 spiro atoms. The zero-order chi connectivity index (χ0) is 14.0. The van der Waals surface area contributed by atoms with Crippen molar-refractivity contribution < 1.29 is 18.3 Å². The van der Waals surface area contributed by atoms with E-state index >= 15 is 0 Å². The Hall–Kier alpha value is -1.07. The predicted octanol–water partition coefficient (Wildman–Crippen LogP) is 2.95. The number of aliphatic hydroxyl groups is 1. The molecule has 0 saturated heterocycles. The third-order valence-electron chi connectivity index (χ3n) is 2.95. The maximum atomic E-state index is 12.3. The van der Waals surface area contributed by atoms with Gasteiger partial charge in [0.25, 0.3) is 0 Å². The predicted molar refractivity (Wildman–Crippen MR) is 64.0 cm³/mol. The van der Waals surface area contributed by atoms with Crippen LogP contribution in [0.2, 0.25) is 0 Å². The average molecular weight is 261 g/mol. The van der Waals surface area contributed by atoms with Crippen molar-refractivity contribution in [3.8, 4) is 0 Å². The van der Waals surface area contributed by atoms with Gasteiger partial charge in [-0.2, -0.15) is 13.2 Å². The first kappa shape index (κ1) is 15.0. The first-order valence-corrected chi connectivity index (χ1v) is 5.72. The van der Waals surface area contributed by atoms with E-state index in [9.17, 15) is 18.3 Å². The number of nitrogens with one attached hydrogen (secondary N) is 1. The summed E-state index contributed by atoms with van der Waals surface area (Å²) < 4.78 is 37.0. The van der Waals surface area contributed by atoms with Crippen molar-refractivity contribution >= 4 is 0 Å². The van der Waals surface area contributed by atoms with Gasteiger partial charge >= 0.3 is 6.18 Å². The van der Waals surface area contributed by atoms with E-state index < -0.39 is 17.3 Å². The lowest BCUT2D eigenvalue weighted by atomic mass is 10.0. The molecular formula is C13H18F3NO. The minimum atomic E-state index is -4.30. The van der Waals surface area contributed by atoms with Crippen molar-refractivity contribution in [2.45, 2.75) is 45.1 Å². The van der Waals surface area contributed by atoms with Crippen LogP contribution in [0, 0.1) is 0 Å². The highest BCUT2D eigenvalue weighted by atomic mass is 19.4. The van der Waals surface area contributed by atoms with Crippen LogP contribution in [0.4, 0.5) is 13.2 Å². The Morgan fingerprint density at radius 3 is 2.06 bits per heavy atom. The smallest absolute Gasteiger partial charge is 0.389 e. The molecule has 18 heavy (non-hydrogen) atoms. The van der Waals surface area contributed by atoms with Crippen molar-refractivity contribution in [3.05, 3.63) is 35.4 Å². The second-order valence-electron chi connectivity index (χ2n) is 4.95. The zero-order valence-electron chi connectivity index (χ0n) is 10.7. The normalized spacial score (nSPS) is 14.6. The summed E-state index contributed by atoms with van der Waals surface area (Å²) >= 11 is 0. The molecule has 2 nitrogen and oxygen atoms in total. The van der Waals surface area contributed by atoms with Crippen LogP contribution in [-0.4, -0.2) is 16.7 Å². The van der Waals surface area contributed by atoms with Gasteiger partial charge < -0.3 is 10.4 Å². The molecule has 1 aromatic rings. The minimum absolute atomic E-state index is 0.153. The quantitative estimate of drug-likeness (QED) is 0.873. The summed E-state index contributed by atoms with van der Waals surface area (Å²) in [5, 5.41) is 12.8. The molecule has 102 valence electrons. The van der Waals surface area contributed by atoms with Crippen LogP contribution in [0.1, 0.15) is 31.9 Å². The first-order chi connectivity index (χ1) is 8.10. The van der Waals surface area contributed by atoms with Crippen molar-refractivity contribution in [1.82, 2.24) is 5.32 Å². The molecule has 0 bridgehead atoms. The molecule has 1 rings (SSSR count). The summed E-state index contributed by atoms with van der Waals surface area (Å²) in [6, 6.07) is 4.84. The number of benzene rings is 1. The van der Waals surface area contributed by atoms with Crippen molar-refractivity contribution in [2.75, 3.05) is 0 Å². The number of hydrogen-bond acceptors (Lipinski definition) is 2. The summed E-state index contributed by atoms with van der Waals surface area (Å²) in [4.78, 5) is 0.